The first-order valence-electron chi connectivity index (χ1n) is 23.3. The highest BCUT2D eigenvalue weighted by Crippen LogP contribution is 2.33. The van der Waals surface area contributed by atoms with Gasteiger partial charge in [0.1, 0.15) is 47.1 Å². The van der Waals surface area contributed by atoms with Crippen LogP contribution in [0.15, 0.2) is 126 Å². The summed E-state index contributed by atoms with van der Waals surface area (Å²) in [7, 11) is 0. The number of carboxylic acid groups (broad SMARTS) is 1. The summed E-state index contributed by atoms with van der Waals surface area (Å²) in [5.74, 6) is -1.07. The number of nitro benzene ring substituents is 1. The van der Waals surface area contributed by atoms with Crippen molar-refractivity contribution in [1.29, 1.82) is 0 Å². The molecule has 3 aromatic carbocycles. The van der Waals surface area contributed by atoms with Gasteiger partial charge < -0.3 is 34.1 Å². The minimum Gasteiger partial charge on any atom is -0.449 e. The van der Waals surface area contributed by atoms with Crippen LogP contribution >= 0.6 is 0 Å². The Bertz CT molecular complexity index is 3350. The molecule has 388 valence electrons. The van der Waals surface area contributed by atoms with Crippen LogP contribution in [0.25, 0.3) is 22.3 Å². The van der Waals surface area contributed by atoms with E-state index in [-0.39, 0.29) is 61.2 Å². The van der Waals surface area contributed by atoms with Crippen LogP contribution in [-0.4, -0.2) is 129 Å². The molecule has 0 aliphatic carbocycles. The number of oxime groups is 2. The maximum absolute atomic E-state index is 15.2. The molecule has 4 aliphatic heterocycles. The Kier molecular flexibility index (Phi) is 14.2. The van der Waals surface area contributed by atoms with Crippen molar-refractivity contribution in [3.63, 3.8) is 0 Å². The molecule has 2 saturated heterocycles. The Labute approximate surface area is 427 Å². The molecule has 7 aromatic rings. The number of aromatic nitrogens is 8. The first kappa shape index (κ1) is 49.8. The highest BCUT2D eigenvalue weighted by Gasteiger charge is 2.35. The van der Waals surface area contributed by atoms with Crippen LogP contribution in [0, 0.1) is 21.7 Å². The van der Waals surface area contributed by atoms with E-state index < -0.39 is 53.2 Å². The molecule has 2 fully saturated rings. The number of halogens is 2. The topological polar surface area (TPSA) is 299 Å². The highest BCUT2D eigenvalue weighted by molar-refractivity contribution is 6.00. The molecule has 0 radical (unpaired) electrons. The van der Waals surface area contributed by atoms with Crippen molar-refractivity contribution in [1.82, 2.24) is 40.0 Å². The van der Waals surface area contributed by atoms with Gasteiger partial charge in [0.05, 0.1) is 72.9 Å². The number of cyclic esters (lactones) is 2. The Morgan fingerprint density at radius 1 is 0.711 bits per heavy atom. The fourth-order valence-corrected chi connectivity index (χ4v) is 8.64. The minimum atomic E-state index is -1.55. The second-order valence-corrected chi connectivity index (χ2v) is 17.4. The molecule has 4 atom stereocenters. The summed E-state index contributed by atoms with van der Waals surface area (Å²) in [6.45, 7) is 1.10. The molecule has 27 heteroatoms. The number of carbonyl (C=O) groups excluding carboxylic acids is 2. The monoisotopic (exact) mass is 1040 g/mol. The zero-order chi connectivity index (χ0) is 52.9. The van der Waals surface area contributed by atoms with E-state index in [0.29, 0.717) is 70.4 Å². The van der Waals surface area contributed by atoms with Crippen molar-refractivity contribution in [2.24, 2.45) is 10.3 Å². The molecule has 4 aliphatic rings. The van der Waals surface area contributed by atoms with E-state index in [4.69, 9.17) is 34.1 Å². The second-order valence-electron chi connectivity index (χ2n) is 17.4. The Morgan fingerprint density at radius 3 is 1.67 bits per heavy atom. The van der Waals surface area contributed by atoms with Crippen molar-refractivity contribution in [3.8, 4) is 28.0 Å². The summed E-state index contributed by atoms with van der Waals surface area (Å²) in [4.78, 5) is 68.4. The van der Waals surface area contributed by atoms with Crippen molar-refractivity contribution in [2.45, 2.75) is 56.8 Å². The van der Waals surface area contributed by atoms with Gasteiger partial charge in [0, 0.05) is 84.0 Å². The summed E-state index contributed by atoms with van der Waals surface area (Å²) < 4.78 is 48.8. The normalized spacial score (nSPS) is 18.7. The summed E-state index contributed by atoms with van der Waals surface area (Å²) in [6.07, 6.45) is 5.86. The van der Waals surface area contributed by atoms with Crippen LogP contribution in [0.3, 0.4) is 0 Å². The molecule has 0 spiro atoms. The van der Waals surface area contributed by atoms with E-state index in [9.17, 15) is 28.9 Å². The van der Waals surface area contributed by atoms with E-state index in [1.54, 1.807) is 82.7 Å². The number of non-ortho nitro benzene ring substituents is 1. The van der Waals surface area contributed by atoms with Crippen LogP contribution in [0.5, 0.6) is 5.75 Å². The number of pyridine rings is 2. The van der Waals surface area contributed by atoms with Crippen molar-refractivity contribution >= 4 is 46.8 Å². The number of aliphatic hydroxyl groups is 1. The Hall–Kier alpha value is -9.79. The standard InChI is InChI=1S/C28H22FN7O8.C21H19FN6O4/c29-23-11-18(35-15-21(42-27(35)37)14-34-8-7-31-33-34)2-4-22(23)16-1-5-24(30-13-16)25-12-20(44-32-25)10-17-9-19(36(40)41)3-6-26(17)43-28(38)39;22-18-7-14(28-11-16(31-21(28)30)10-27-6-5-24-26-27)2-3-17(18)13-1-4-19(23-9-13)20-8-15(12-29)32-25-20/h1-9,11,13,20-21H,10,12,14-15H2,(H,38,39);1-7,9,15-16,29H,8,10-12H2/t20-,21-;15-,16-/m00/s1. The maximum atomic E-state index is 15.2. The van der Waals surface area contributed by atoms with Gasteiger partial charge >= 0.3 is 18.3 Å². The van der Waals surface area contributed by atoms with Gasteiger partial charge in [0.15, 0.2) is 6.10 Å². The first-order chi connectivity index (χ1) is 36.8. The maximum Gasteiger partial charge on any atom is 0.511 e. The number of nitrogens with zero attached hydrogens (tertiary/aromatic N) is 13. The summed E-state index contributed by atoms with van der Waals surface area (Å²) in [5.41, 5.74) is 4.76. The molecule has 11 rings (SSSR count). The zero-order valence-corrected chi connectivity index (χ0v) is 39.5. The zero-order valence-electron chi connectivity index (χ0n) is 39.5. The van der Waals surface area contributed by atoms with Crippen LogP contribution in [-0.2, 0) is 38.7 Å². The Balaban J connectivity index is 0.000000182. The van der Waals surface area contributed by atoms with Crippen LogP contribution in [0.2, 0.25) is 0 Å². The molecule has 2 amide bonds. The summed E-state index contributed by atoms with van der Waals surface area (Å²) in [6, 6.07) is 19.5. The summed E-state index contributed by atoms with van der Waals surface area (Å²) >= 11 is 0. The molecule has 0 saturated carbocycles. The van der Waals surface area contributed by atoms with Gasteiger partial charge in [0.25, 0.3) is 5.69 Å². The largest absolute Gasteiger partial charge is 0.511 e. The van der Waals surface area contributed by atoms with Gasteiger partial charge in [-0.05, 0) is 54.6 Å². The highest BCUT2D eigenvalue weighted by atomic mass is 19.1. The predicted octanol–water partition coefficient (Wildman–Crippen LogP) is 6.20. The van der Waals surface area contributed by atoms with E-state index in [1.165, 1.54) is 46.5 Å². The lowest BCUT2D eigenvalue weighted by Gasteiger charge is -2.14. The van der Waals surface area contributed by atoms with Crippen molar-refractivity contribution < 1.29 is 62.2 Å². The molecule has 2 N–H and O–H groups in total. The third-order valence-electron chi connectivity index (χ3n) is 12.3. The van der Waals surface area contributed by atoms with Crippen molar-refractivity contribution in [3.05, 3.63) is 155 Å². The number of benzene rings is 3. The molecule has 8 heterocycles. The molecule has 4 aromatic heterocycles. The van der Waals surface area contributed by atoms with E-state index in [1.807, 2.05) is 0 Å². The SMILES string of the molecule is O=C(O)Oc1ccc([N+](=O)[O-])cc1C[C@H]1CC(c2ccc(-c3ccc(N4C[C@H](Cn5ccnn5)OC4=O)cc3F)cn2)=NO1.O=C1O[C@@H](Cn2ccnn2)CN1c1ccc(-c2ccc(C3=NO[C@H](CO)C3)nc2)c(F)c1. The predicted molar refractivity (Wildman–Crippen MR) is 259 cm³/mol. The number of carbonyl (C=O) groups is 3. The molecule has 0 unspecified atom stereocenters. The number of ether oxygens (including phenoxy) is 3. The first-order valence-corrected chi connectivity index (χ1v) is 23.3. The fourth-order valence-electron chi connectivity index (χ4n) is 8.64. The average Bonchev–Trinajstić information content (AvgIpc) is 4.30. The molecular weight excluding hydrogens is 1000 g/mol. The number of hydrogen-bond acceptors (Lipinski definition) is 19. The number of aliphatic hydroxyl groups excluding tert-OH is 1. The number of hydrogen-bond donors (Lipinski definition) is 2. The quantitative estimate of drug-likeness (QED) is 0.0500. The van der Waals surface area contributed by atoms with Crippen LogP contribution in [0.4, 0.5) is 40.2 Å². The number of rotatable bonds is 15. The number of anilines is 2. The third-order valence-corrected chi connectivity index (χ3v) is 12.3. The van der Waals surface area contributed by atoms with Gasteiger partial charge in [-0.15, -0.1) is 10.2 Å². The third kappa shape index (κ3) is 11.2. The van der Waals surface area contributed by atoms with Gasteiger partial charge in [-0.2, -0.15) is 0 Å². The average molecular weight is 1040 g/mol. The second kappa shape index (κ2) is 21.7. The van der Waals surface area contributed by atoms with Crippen LogP contribution < -0.4 is 14.5 Å². The van der Waals surface area contributed by atoms with Gasteiger partial charge in [-0.3, -0.25) is 29.9 Å². The molecule has 0 bridgehead atoms. The minimum absolute atomic E-state index is 0.0381. The van der Waals surface area contributed by atoms with Gasteiger partial charge in [-0.1, -0.05) is 32.9 Å². The lowest BCUT2D eigenvalue weighted by Crippen LogP contribution is -2.26. The number of nitro groups is 1. The van der Waals surface area contributed by atoms with Crippen molar-refractivity contribution in [2.75, 3.05) is 29.5 Å². The molecule has 76 heavy (non-hydrogen) atoms. The van der Waals surface area contributed by atoms with Crippen LogP contribution in [0.1, 0.15) is 29.8 Å². The Morgan fingerprint density at radius 2 is 1.24 bits per heavy atom. The van der Waals surface area contributed by atoms with Gasteiger partial charge in [0.2, 0.25) is 0 Å². The fraction of sp³-hybridized carbons (Fsp3) is 0.245. The lowest BCUT2D eigenvalue weighted by molar-refractivity contribution is -0.384. The van der Waals surface area contributed by atoms with E-state index in [2.05, 4.69) is 40.9 Å². The van der Waals surface area contributed by atoms with E-state index >= 15 is 4.39 Å². The smallest absolute Gasteiger partial charge is 0.449 e. The summed E-state index contributed by atoms with van der Waals surface area (Å²) in [5, 5.41) is 52.5. The molecular formula is C49H41F2N13O12. The molecule has 25 nitrogen and oxygen atoms in total. The lowest BCUT2D eigenvalue weighted by atomic mass is 10.0. The number of amides is 2. The van der Waals surface area contributed by atoms with Gasteiger partial charge in [-0.25, -0.2) is 32.5 Å². The van der Waals surface area contributed by atoms with E-state index in [0.717, 1.165) is 6.07 Å².